The Hall–Kier alpha value is -1.55. The molecule has 1 aromatic carbocycles. The summed E-state index contributed by atoms with van der Waals surface area (Å²) in [5.41, 5.74) is 0.792. The van der Waals surface area contributed by atoms with Gasteiger partial charge in [0.05, 0.1) is 12.6 Å². The maximum atomic E-state index is 10.7. The summed E-state index contributed by atoms with van der Waals surface area (Å²) in [5, 5.41) is 17.9. The second kappa shape index (κ2) is 4.62. The molecule has 0 bridgehead atoms. The normalized spacial score (nSPS) is 12.1. The fourth-order valence-electron chi connectivity index (χ4n) is 1.26. The zero-order valence-corrected chi connectivity index (χ0v) is 7.92. The number of rotatable bonds is 3. The number of likely N-dealkylation sites (N-methyl/N-ethyl adjacent to an activating group) is 1. The number of aliphatic hydroxyl groups excluding tert-OH is 1. The van der Waals surface area contributed by atoms with Gasteiger partial charge in [-0.3, -0.25) is 0 Å². The Balaban J connectivity index is 2.87. The van der Waals surface area contributed by atoms with Crippen molar-refractivity contribution in [3.63, 3.8) is 0 Å². The monoisotopic (exact) mass is 195 g/mol. The van der Waals surface area contributed by atoms with Gasteiger partial charge in [0.2, 0.25) is 0 Å². The third-order valence-corrected chi connectivity index (χ3v) is 2.13. The van der Waals surface area contributed by atoms with Crippen LogP contribution < -0.4 is 0 Å². The maximum Gasteiger partial charge on any atom is 0.407 e. The summed E-state index contributed by atoms with van der Waals surface area (Å²) >= 11 is 0. The predicted molar refractivity (Wildman–Crippen MR) is 52.1 cm³/mol. The van der Waals surface area contributed by atoms with Crippen LogP contribution in [-0.4, -0.2) is 34.9 Å². The first-order chi connectivity index (χ1) is 6.66. The SMILES string of the molecule is CN(C(=O)O)C(CO)c1ccccc1. The maximum absolute atomic E-state index is 10.7. The Kier molecular flexibility index (Phi) is 3.48. The molecule has 14 heavy (non-hydrogen) atoms. The number of hydrogen-bond donors (Lipinski definition) is 2. The van der Waals surface area contributed by atoms with Gasteiger partial charge in [-0.1, -0.05) is 30.3 Å². The first-order valence-corrected chi connectivity index (χ1v) is 4.28. The molecule has 0 radical (unpaired) electrons. The van der Waals surface area contributed by atoms with E-state index in [9.17, 15) is 4.79 Å². The molecule has 1 atom stereocenters. The van der Waals surface area contributed by atoms with Crippen LogP contribution in [0.3, 0.4) is 0 Å². The number of nitrogens with zero attached hydrogens (tertiary/aromatic N) is 1. The zero-order chi connectivity index (χ0) is 10.6. The van der Waals surface area contributed by atoms with Gasteiger partial charge in [0.1, 0.15) is 0 Å². The largest absolute Gasteiger partial charge is 0.465 e. The van der Waals surface area contributed by atoms with Gasteiger partial charge < -0.3 is 15.1 Å². The molecule has 1 aromatic rings. The summed E-state index contributed by atoms with van der Waals surface area (Å²) in [6, 6.07) is 8.56. The summed E-state index contributed by atoms with van der Waals surface area (Å²) in [4.78, 5) is 11.8. The third-order valence-electron chi connectivity index (χ3n) is 2.13. The van der Waals surface area contributed by atoms with E-state index in [2.05, 4.69) is 0 Å². The highest BCUT2D eigenvalue weighted by atomic mass is 16.4. The smallest absolute Gasteiger partial charge is 0.407 e. The van der Waals surface area contributed by atoms with Crippen LogP contribution in [0.2, 0.25) is 0 Å². The molecular weight excluding hydrogens is 182 g/mol. The Morgan fingerprint density at radius 1 is 1.43 bits per heavy atom. The molecule has 1 unspecified atom stereocenters. The van der Waals surface area contributed by atoms with E-state index in [4.69, 9.17) is 10.2 Å². The molecule has 0 heterocycles. The molecule has 0 spiro atoms. The number of amides is 1. The summed E-state index contributed by atoms with van der Waals surface area (Å²) in [6.45, 7) is -0.215. The lowest BCUT2D eigenvalue weighted by molar-refractivity contribution is 0.113. The first kappa shape index (κ1) is 10.5. The van der Waals surface area contributed by atoms with E-state index in [1.807, 2.05) is 18.2 Å². The van der Waals surface area contributed by atoms with Crippen LogP contribution in [0, 0.1) is 0 Å². The van der Waals surface area contributed by atoms with E-state index < -0.39 is 12.1 Å². The van der Waals surface area contributed by atoms with Crippen LogP contribution in [0.15, 0.2) is 30.3 Å². The molecule has 1 amide bonds. The summed E-state index contributed by atoms with van der Waals surface area (Å²) in [6.07, 6.45) is -1.05. The molecule has 0 saturated heterocycles. The van der Waals surface area contributed by atoms with E-state index in [0.29, 0.717) is 0 Å². The third kappa shape index (κ3) is 2.23. The van der Waals surface area contributed by atoms with Crippen LogP contribution in [0.25, 0.3) is 0 Å². The molecule has 76 valence electrons. The van der Waals surface area contributed by atoms with Gasteiger partial charge in [-0.05, 0) is 5.56 Å². The number of aliphatic hydroxyl groups is 1. The van der Waals surface area contributed by atoms with E-state index >= 15 is 0 Å². The molecule has 0 aliphatic rings. The molecular formula is C10H13NO3. The number of benzene rings is 1. The highest BCUT2D eigenvalue weighted by Crippen LogP contribution is 2.17. The Morgan fingerprint density at radius 3 is 2.43 bits per heavy atom. The van der Waals surface area contributed by atoms with Crippen LogP contribution in [-0.2, 0) is 0 Å². The van der Waals surface area contributed by atoms with Crippen molar-refractivity contribution in [1.29, 1.82) is 0 Å². The summed E-state index contributed by atoms with van der Waals surface area (Å²) in [5.74, 6) is 0. The molecule has 0 fully saturated rings. The van der Waals surface area contributed by atoms with Gasteiger partial charge in [-0.2, -0.15) is 0 Å². The van der Waals surface area contributed by atoms with Crippen molar-refractivity contribution < 1.29 is 15.0 Å². The fraction of sp³-hybridized carbons (Fsp3) is 0.300. The minimum absolute atomic E-state index is 0.215. The van der Waals surface area contributed by atoms with E-state index in [1.165, 1.54) is 7.05 Å². The highest BCUT2D eigenvalue weighted by molar-refractivity contribution is 5.65. The van der Waals surface area contributed by atoms with Crippen molar-refractivity contribution in [2.75, 3.05) is 13.7 Å². The lowest BCUT2D eigenvalue weighted by Crippen LogP contribution is -2.31. The van der Waals surface area contributed by atoms with Gasteiger partial charge >= 0.3 is 6.09 Å². The van der Waals surface area contributed by atoms with Gasteiger partial charge in [0.25, 0.3) is 0 Å². The Bertz CT molecular complexity index is 299. The summed E-state index contributed by atoms with van der Waals surface area (Å²) < 4.78 is 0. The van der Waals surface area contributed by atoms with Crippen LogP contribution in [0.4, 0.5) is 4.79 Å². The number of carboxylic acid groups (broad SMARTS) is 1. The minimum Gasteiger partial charge on any atom is -0.465 e. The van der Waals surface area contributed by atoms with Gasteiger partial charge in [0, 0.05) is 7.05 Å². The van der Waals surface area contributed by atoms with Crippen molar-refractivity contribution in [1.82, 2.24) is 4.90 Å². The van der Waals surface area contributed by atoms with Crippen LogP contribution >= 0.6 is 0 Å². The highest BCUT2D eigenvalue weighted by Gasteiger charge is 2.19. The molecule has 0 aromatic heterocycles. The quantitative estimate of drug-likeness (QED) is 0.764. The van der Waals surface area contributed by atoms with E-state index in [0.717, 1.165) is 10.5 Å². The van der Waals surface area contributed by atoms with Crippen molar-refractivity contribution in [2.45, 2.75) is 6.04 Å². The predicted octanol–water partition coefficient (Wildman–Crippen LogP) is 1.33. The van der Waals surface area contributed by atoms with Gasteiger partial charge in [-0.15, -0.1) is 0 Å². The molecule has 4 nitrogen and oxygen atoms in total. The topological polar surface area (TPSA) is 60.8 Å². The van der Waals surface area contributed by atoms with Crippen molar-refractivity contribution in [3.8, 4) is 0 Å². The lowest BCUT2D eigenvalue weighted by atomic mass is 10.1. The number of carbonyl (C=O) groups is 1. The second-order valence-corrected chi connectivity index (χ2v) is 3.00. The van der Waals surface area contributed by atoms with Crippen LogP contribution in [0.1, 0.15) is 11.6 Å². The van der Waals surface area contributed by atoms with Crippen molar-refractivity contribution in [2.24, 2.45) is 0 Å². The summed E-state index contributed by atoms with van der Waals surface area (Å²) in [7, 11) is 1.44. The van der Waals surface area contributed by atoms with Gasteiger partial charge in [0.15, 0.2) is 0 Å². The molecule has 0 aliphatic carbocycles. The minimum atomic E-state index is -1.05. The average molecular weight is 195 g/mol. The molecule has 2 N–H and O–H groups in total. The molecule has 0 aliphatic heterocycles. The van der Waals surface area contributed by atoms with Crippen LogP contribution in [0.5, 0.6) is 0 Å². The Labute approximate surface area is 82.4 Å². The number of hydrogen-bond acceptors (Lipinski definition) is 2. The molecule has 1 rings (SSSR count). The fourth-order valence-corrected chi connectivity index (χ4v) is 1.26. The molecule has 4 heteroatoms. The standard InChI is InChI=1S/C10H13NO3/c1-11(10(13)14)9(7-12)8-5-3-2-4-6-8/h2-6,9,12H,7H2,1H3,(H,13,14). The second-order valence-electron chi connectivity index (χ2n) is 3.00. The first-order valence-electron chi connectivity index (χ1n) is 4.28. The van der Waals surface area contributed by atoms with E-state index in [1.54, 1.807) is 12.1 Å². The average Bonchev–Trinajstić information content (AvgIpc) is 2.20. The lowest BCUT2D eigenvalue weighted by Gasteiger charge is -2.23. The van der Waals surface area contributed by atoms with Crippen molar-refractivity contribution in [3.05, 3.63) is 35.9 Å². The molecule has 0 saturated carbocycles. The van der Waals surface area contributed by atoms with E-state index in [-0.39, 0.29) is 6.61 Å². The van der Waals surface area contributed by atoms with Crippen molar-refractivity contribution >= 4 is 6.09 Å². The zero-order valence-electron chi connectivity index (χ0n) is 7.92. The van der Waals surface area contributed by atoms with Gasteiger partial charge in [-0.25, -0.2) is 4.79 Å². The Morgan fingerprint density at radius 2 is 2.00 bits per heavy atom.